The molecule has 1 aromatic heterocycles. The molecular weight excluding hydrogens is 715 g/mol. The summed E-state index contributed by atoms with van der Waals surface area (Å²) in [6, 6.07) is 83.5. The second-order valence-electron chi connectivity index (χ2n) is 14.7. The Hall–Kier alpha value is -7.88. The number of hydrogen-bond acceptors (Lipinski definition) is 3. The predicted molar refractivity (Wildman–Crippen MR) is 247 cm³/mol. The first-order valence-corrected chi connectivity index (χ1v) is 20.0. The lowest BCUT2D eigenvalue weighted by Gasteiger charge is -2.26. The van der Waals surface area contributed by atoms with Crippen LogP contribution in [0.15, 0.2) is 237 Å². The highest BCUT2D eigenvalue weighted by Crippen LogP contribution is 2.38. The van der Waals surface area contributed by atoms with Gasteiger partial charge in [-0.2, -0.15) is 0 Å². The molecule has 0 N–H and O–H groups in total. The summed E-state index contributed by atoms with van der Waals surface area (Å²) in [5.41, 5.74) is 15.3. The maximum atomic E-state index is 5.07. The van der Waals surface area contributed by atoms with Crippen molar-refractivity contribution in [1.29, 1.82) is 0 Å². The second-order valence-corrected chi connectivity index (χ2v) is 14.7. The zero-order valence-electron chi connectivity index (χ0n) is 32.4. The SMILES string of the molecule is c1ccc(-c2cccc(-c3ccc(N(c4ccccc4)c4ccc(-c5ccc(-c6cc(-c7ccc8ccccc8c7)nc(-c7ccccc7)n6)cc5)cc4)cc3)c2)cc1. The number of hydrogen-bond donors (Lipinski definition) is 0. The van der Waals surface area contributed by atoms with Gasteiger partial charge in [-0.3, -0.25) is 0 Å². The van der Waals surface area contributed by atoms with Gasteiger partial charge in [-0.1, -0.05) is 182 Å². The Balaban J connectivity index is 0.939. The third-order valence-corrected chi connectivity index (χ3v) is 10.9. The maximum Gasteiger partial charge on any atom is 0.160 e. The quantitative estimate of drug-likeness (QED) is 0.147. The van der Waals surface area contributed by atoms with Crippen LogP contribution in [0.3, 0.4) is 0 Å². The van der Waals surface area contributed by atoms with Crippen LogP contribution in [-0.2, 0) is 0 Å². The van der Waals surface area contributed by atoms with Crippen molar-refractivity contribution < 1.29 is 0 Å². The lowest BCUT2D eigenvalue weighted by molar-refractivity contribution is 1.18. The van der Waals surface area contributed by atoms with E-state index in [-0.39, 0.29) is 0 Å². The van der Waals surface area contributed by atoms with Gasteiger partial charge in [0.25, 0.3) is 0 Å². The Morgan fingerprint density at radius 3 is 1.25 bits per heavy atom. The molecule has 3 heteroatoms. The molecule has 9 aromatic carbocycles. The minimum absolute atomic E-state index is 0.709. The average molecular weight is 754 g/mol. The minimum Gasteiger partial charge on any atom is -0.311 e. The van der Waals surface area contributed by atoms with Crippen molar-refractivity contribution >= 4 is 27.8 Å². The molecule has 0 spiro atoms. The molecule has 3 nitrogen and oxygen atoms in total. The first-order chi connectivity index (χ1) is 29.2. The van der Waals surface area contributed by atoms with Gasteiger partial charge < -0.3 is 4.90 Å². The van der Waals surface area contributed by atoms with Gasteiger partial charge in [0.05, 0.1) is 11.4 Å². The normalized spacial score (nSPS) is 11.1. The van der Waals surface area contributed by atoms with Gasteiger partial charge in [0.15, 0.2) is 5.82 Å². The second kappa shape index (κ2) is 15.9. The van der Waals surface area contributed by atoms with Crippen molar-refractivity contribution in [2.24, 2.45) is 0 Å². The van der Waals surface area contributed by atoms with Crippen LogP contribution < -0.4 is 4.90 Å². The molecule has 59 heavy (non-hydrogen) atoms. The van der Waals surface area contributed by atoms with Crippen molar-refractivity contribution in [3.63, 3.8) is 0 Å². The molecule has 0 amide bonds. The van der Waals surface area contributed by atoms with Gasteiger partial charge in [-0.25, -0.2) is 9.97 Å². The summed E-state index contributed by atoms with van der Waals surface area (Å²) >= 11 is 0. The Kier molecular flexibility index (Phi) is 9.59. The van der Waals surface area contributed by atoms with Crippen LogP contribution in [0.25, 0.3) is 78.1 Å². The van der Waals surface area contributed by atoms with Crippen molar-refractivity contribution in [3.05, 3.63) is 237 Å². The largest absolute Gasteiger partial charge is 0.311 e. The fourth-order valence-corrected chi connectivity index (χ4v) is 7.78. The molecule has 10 aromatic rings. The molecule has 0 aliphatic carbocycles. The summed E-state index contributed by atoms with van der Waals surface area (Å²) in [6.45, 7) is 0. The van der Waals surface area contributed by atoms with E-state index in [2.05, 4.69) is 223 Å². The van der Waals surface area contributed by atoms with E-state index in [4.69, 9.17) is 9.97 Å². The van der Waals surface area contributed by atoms with E-state index in [0.717, 1.165) is 56.3 Å². The maximum absolute atomic E-state index is 5.07. The van der Waals surface area contributed by atoms with Crippen molar-refractivity contribution in [2.45, 2.75) is 0 Å². The highest BCUT2D eigenvalue weighted by atomic mass is 15.1. The summed E-state index contributed by atoms with van der Waals surface area (Å²) in [6.07, 6.45) is 0. The van der Waals surface area contributed by atoms with Crippen LogP contribution in [-0.4, -0.2) is 9.97 Å². The summed E-state index contributed by atoms with van der Waals surface area (Å²) < 4.78 is 0. The monoisotopic (exact) mass is 753 g/mol. The first-order valence-electron chi connectivity index (χ1n) is 20.0. The van der Waals surface area contributed by atoms with E-state index in [9.17, 15) is 0 Å². The van der Waals surface area contributed by atoms with Crippen LogP contribution in [0.4, 0.5) is 17.1 Å². The Labute approximate surface area is 345 Å². The topological polar surface area (TPSA) is 29.0 Å². The third-order valence-electron chi connectivity index (χ3n) is 10.9. The molecular formula is C56H39N3. The summed E-state index contributed by atoms with van der Waals surface area (Å²) in [5, 5.41) is 2.40. The van der Waals surface area contributed by atoms with E-state index < -0.39 is 0 Å². The van der Waals surface area contributed by atoms with Gasteiger partial charge >= 0.3 is 0 Å². The number of nitrogens with zero attached hydrogens (tertiary/aromatic N) is 3. The molecule has 0 aliphatic heterocycles. The molecule has 0 radical (unpaired) electrons. The lowest BCUT2D eigenvalue weighted by atomic mass is 9.99. The van der Waals surface area contributed by atoms with E-state index in [1.54, 1.807) is 0 Å². The Bertz CT molecular complexity index is 3000. The van der Waals surface area contributed by atoms with Gasteiger partial charge in [-0.15, -0.1) is 0 Å². The van der Waals surface area contributed by atoms with E-state index in [1.807, 2.05) is 18.2 Å². The number of fused-ring (bicyclic) bond motifs is 1. The summed E-state index contributed by atoms with van der Waals surface area (Å²) in [7, 11) is 0. The molecule has 1 heterocycles. The highest BCUT2D eigenvalue weighted by Gasteiger charge is 2.15. The van der Waals surface area contributed by atoms with Crippen molar-refractivity contribution in [2.75, 3.05) is 4.90 Å². The molecule has 0 bridgehead atoms. The highest BCUT2D eigenvalue weighted by molar-refractivity contribution is 5.88. The van der Waals surface area contributed by atoms with Gasteiger partial charge in [0.1, 0.15) is 0 Å². The van der Waals surface area contributed by atoms with E-state index in [1.165, 1.54) is 33.0 Å². The molecule has 0 saturated carbocycles. The average Bonchev–Trinajstić information content (AvgIpc) is 3.33. The molecule has 0 saturated heterocycles. The van der Waals surface area contributed by atoms with Crippen molar-refractivity contribution in [1.82, 2.24) is 9.97 Å². The van der Waals surface area contributed by atoms with Gasteiger partial charge in [-0.05, 0) is 98.8 Å². The van der Waals surface area contributed by atoms with Crippen LogP contribution in [0, 0.1) is 0 Å². The predicted octanol–water partition coefficient (Wildman–Crippen LogP) is 15.1. The van der Waals surface area contributed by atoms with E-state index in [0.29, 0.717) is 5.82 Å². The Morgan fingerprint density at radius 2 is 0.644 bits per heavy atom. The van der Waals surface area contributed by atoms with Crippen LogP contribution >= 0.6 is 0 Å². The molecule has 0 unspecified atom stereocenters. The summed E-state index contributed by atoms with van der Waals surface area (Å²) in [4.78, 5) is 12.4. The zero-order chi connectivity index (χ0) is 39.4. The lowest BCUT2D eigenvalue weighted by Crippen LogP contribution is -2.09. The van der Waals surface area contributed by atoms with Gasteiger partial charge in [0, 0.05) is 33.8 Å². The number of para-hydroxylation sites is 1. The number of benzene rings is 9. The molecule has 0 aliphatic rings. The zero-order valence-corrected chi connectivity index (χ0v) is 32.4. The molecule has 278 valence electrons. The summed E-state index contributed by atoms with van der Waals surface area (Å²) in [5.74, 6) is 0.709. The van der Waals surface area contributed by atoms with Crippen LogP contribution in [0.2, 0.25) is 0 Å². The number of aromatic nitrogens is 2. The standard InChI is InChI=1S/C56H39N3/c1-4-13-40(14-5-1)48-19-12-20-49(37-48)44-31-35-53(36-32-44)59(51-21-8-3-9-22-51)52-33-29-43(30-34-52)42-23-26-45(27-24-42)54-39-55(58-56(57-54)46-16-6-2-7-17-46)50-28-25-41-15-10-11-18-47(41)38-50/h1-39H. The fourth-order valence-electron chi connectivity index (χ4n) is 7.78. The third kappa shape index (κ3) is 7.53. The molecule has 0 fully saturated rings. The van der Waals surface area contributed by atoms with Gasteiger partial charge in [0.2, 0.25) is 0 Å². The molecule has 0 atom stereocenters. The first kappa shape index (κ1) is 35.5. The number of rotatable bonds is 9. The van der Waals surface area contributed by atoms with Crippen molar-refractivity contribution in [3.8, 4) is 67.3 Å². The molecule has 10 rings (SSSR count). The number of anilines is 3. The Morgan fingerprint density at radius 1 is 0.237 bits per heavy atom. The fraction of sp³-hybridized carbons (Fsp3) is 0. The van der Waals surface area contributed by atoms with Crippen LogP contribution in [0.5, 0.6) is 0 Å². The minimum atomic E-state index is 0.709. The smallest absolute Gasteiger partial charge is 0.160 e. The van der Waals surface area contributed by atoms with Crippen LogP contribution in [0.1, 0.15) is 0 Å². The van der Waals surface area contributed by atoms with E-state index >= 15 is 0 Å².